The number of amides is 2. The molecule has 5 heteroatoms. The first-order valence-electron chi connectivity index (χ1n) is 6.33. The molecule has 1 heterocycles. The van der Waals surface area contributed by atoms with Crippen LogP contribution in [0.3, 0.4) is 0 Å². The van der Waals surface area contributed by atoms with Gasteiger partial charge in [-0.3, -0.25) is 9.59 Å². The number of aryl methyl sites for hydroxylation is 1. The Bertz CT molecular complexity index is 594. The summed E-state index contributed by atoms with van der Waals surface area (Å²) in [7, 11) is 0. The molecule has 2 N–H and O–H groups in total. The maximum absolute atomic E-state index is 11.8. The van der Waals surface area contributed by atoms with Crippen LogP contribution in [0.2, 0.25) is 0 Å². The van der Waals surface area contributed by atoms with E-state index in [-0.39, 0.29) is 11.8 Å². The zero-order valence-corrected chi connectivity index (χ0v) is 12.0. The number of nitrogens with one attached hydrogen (secondary N) is 2. The smallest absolute Gasteiger partial charge is 0.261 e. The SMILES string of the molecule is Cc1cccc(C(=O)NCCNC(=O)c2cccs2)c1. The first kappa shape index (κ1) is 14.3. The topological polar surface area (TPSA) is 58.2 Å². The summed E-state index contributed by atoms with van der Waals surface area (Å²) in [4.78, 5) is 24.2. The van der Waals surface area contributed by atoms with Gasteiger partial charge < -0.3 is 10.6 Å². The molecule has 0 unspecified atom stereocenters. The number of hydrogen-bond acceptors (Lipinski definition) is 3. The van der Waals surface area contributed by atoms with Crippen LogP contribution in [0.25, 0.3) is 0 Å². The number of benzene rings is 1. The first-order chi connectivity index (χ1) is 9.66. The summed E-state index contributed by atoms with van der Waals surface area (Å²) in [6.45, 7) is 2.76. The molecular weight excluding hydrogens is 272 g/mol. The summed E-state index contributed by atoms with van der Waals surface area (Å²) in [6, 6.07) is 11.0. The van der Waals surface area contributed by atoms with Gasteiger partial charge in [0.15, 0.2) is 0 Å². The normalized spacial score (nSPS) is 10.1. The molecule has 2 aromatic rings. The van der Waals surface area contributed by atoms with Crippen molar-refractivity contribution in [3.8, 4) is 0 Å². The van der Waals surface area contributed by atoms with E-state index in [0.717, 1.165) is 5.56 Å². The highest BCUT2D eigenvalue weighted by molar-refractivity contribution is 7.12. The van der Waals surface area contributed by atoms with Crippen LogP contribution in [0, 0.1) is 6.92 Å². The second kappa shape index (κ2) is 6.86. The van der Waals surface area contributed by atoms with Crippen LogP contribution < -0.4 is 10.6 Å². The molecule has 1 aromatic heterocycles. The van der Waals surface area contributed by atoms with Crippen LogP contribution in [-0.4, -0.2) is 24.9 Å². The first-order valence-corrected chi connectivity index (χ1v) is 7.21. The van der Waals surface area contributed by atoms with Gasteiger partial charge >= 0.3 is 0 Å². The lowest BCUT2D eigenvalue weighted by Gasteiger charge is -2.07. The standard InChI is InChI=1S/C15H16N2O2S/c1-11-4-2-5-12(10-11)14(18)16-7-8-17-15(19)13-6-3-9-20-13/h2-6,9-10H,7-8H2,1H3,(H,16,18)(H,17,19). The number of carbonyl (C=O) groups is 2. The van der Waals surface area contributed by atoms with E-state index >= 15 is 0 Å². The molecule has 0 fully saturated rings. The second-order valence-corrected chi connectivity index (χ2v) is 5.31. The summed E-state index contributed by atoms with van der Waals surface area (Å²) < 4.78 is 0. The Morgan fingerprint density at radius 3 is 2.45 bits per heavy atom. The Hall–Kier alpha value is -2.14. The lowest BCUT2D eigenvalue weighted by atomic mass is 10.1. The average molecular weight is 288 g/mol. The molecule has 0 saturated carbocycles. The van der Waals surface area contributed by atoms with E-state index in [1.807, 2.05) is 36.6 Å². The molecule has 0 spiro atoms. The third-order valence-electron chi connectivity index (χ3n) is 2.72. The van der Waals surface area contributed by atoms with Gasteiger partial charge in [0.05, 0.1) is 4.88 Å². The Balaban J connectivity index is 1.73. The van der Waals surface area contributed by atoms with Gasteiger partial charge in [-0.05, 0) is 30.5 Å². The lowest BCUT2D eigenvalue weighted by Crippen LogP contribution is -2.34. The lowest BCUT2D eigenvalue weighted by molar-refractivity contribution is 0.0929. The maximum Gasteiger partial charge on any atom is 0.261 e. The van der Waals surface area contributed by atoms with Gasteiger partial charge in [-0.2, -0.15) is 0 Å². The Morgan fingerprint density at radius 2 is 1.80 bits per heavy atom. The second-order valence-electron chi connectivity index (χ2n) is 4.36. The third kappa shape index (κ3) is 3.93. The summed E-state index contributed by atoms with van der Waals surface area (Å²) in [5.74, 6) is -0.233. The molecule has 0 aliphatic heterocycles. The molecule has 4 nitrogen and oxygen atoms in total. The van der Waals surface area contributed by atoms with Gasteiger partial charge in [0.1, 0.15) is 0 Å². The Labute approximate surface area is 121 Å². The van der Waals surface area contributed by atoms with E-state index in [4.69, 9.17) is 0 Å². The zero-order valence-electron chi connectivity index (χ0n) is 11.2. The maximum atomic E-state index is 11.8. The van der Waals surface area contributed by atoms with Gasteiger partial charge in [-0.25, -0.2) is 0 Å². The van der Waals surface area contributed by atoms with Crippen molar-refractivity contribution in [2.45, 2.75) is 6.92 Å². The highest BCUT2D eigenvalue weighted by Gasteiger charge is 2.07. The molecule has 0 aliphatic carbocycles. The van der Waals surface area contributed by atoms with Crippen LogP contribution >= 0.6 is 11.3 Å². The largest absolute Gasteiger partial charge is 0.350 e. The number of thiophene rings is 1. The minimum Gasteiger partial charge on any atom is -0.350 e. The van der Waals surface area contributed by atoms with Gasteiger partial charge in [0.2, 0.25) is 0 Å². The number of carbonyl (C=O) groups excluding carboxylic acids is 2. The predicted octanol–water partition coefficient (Wildman–Crippen LogP) is 2.22. The van der Waals surface area contributed by atoms with Crippen molar-refractivity contribution < 1.29 is 9.59 Å². The van der Waals surface area contributed by atoms with E-state index in [0.29, 0.717) is 23.5 Å². The zero-order chi connectivity index (χ0) is 14.4. The van der Waals surface area contributed by atoms with Crippen LogP contribution in [0.1, 0.15) is 25.6 Å². The van der Waals surface area contributed by atoms with Gasteiger partial charge in [-0.15, -0.1) is 11.3 Å². The van der Waals surface area contributed by atoms with E-state index in [9.17, 15) is 9.59 Å². The highest BCUT2D eigenvalue weighted by Crippen LogP contribution is 2.07. The van der Waals surface area contributed by atoms with E-state index in [2.05, 4.69) is 10.6 Å². The Kier molecular flexibility index (Phi) is 4.90. The van der Waals surface area contributed by atoms with Gasteiger partial charge in [0, 0.05) is 18.7 Å². The fourth-order valence-electron chi connectivity index (χ4n) is 1.74. The molecule has 0 aliphatic rings. The van der Waals surface area contributed by atoms with Crippen molar-refractivity contribution in [1.29, 1.82) is 0 Å². The monoisotopic (exact) mass is 288 g/mol. The van der Waals surface area contributed by atoms with Crippen LogP contribution in [0.15, 0.2) is 41.8 Å². The van der Waals surface area contributed by atoms with Crippen molar-refractivity contribution in [3.05, 3.63) is 57.8 Å². The summed E-state index contributed by atoms with van der Waals surface area (Å²) >= 11 is 1.39. The van der Waals surface area contributed by atoms with Gasteiger partial charge in [0.25, 0.3) is 11.8 Å². The molecule has 20 heavy (non-hydrogen) atoms. The third-order valence-corrected chi connectivity index (χ3v) is 3.59. The average Bonchev–Trinajstić information content (AvgIpc) is 2.97. The highest BCUT2D eigenvalue weighted by atomic mass is 32.1. The molecule has 1 aromatic carbocycles. The van der Waals surface area contributed by atoms with Crippen LogP contribution in [0.4, 0.5) is 0 Å². The predicted molar refractivity (Wildman–Crippen MR) is 80.2 cm³/mol. The van der Waals surface area contributed by atoms with E-state index in [1.165, 1.54) is 11.3 Å². The fraction of sp³-hybridized carbons (Fsp3) is 0.200. The quantitative estimate of drug-likeness (QED) is 0.829. The fourth-order valence-corrected chi connectivity index (χ4v) is 2.38. The molecule has 2 amide bonds. The van der Waals surface area contributed by atoms with Gasteiger partial charge in [-0.1, -0.05) is 23.8 Å². The summed E-state index contributed by atoms with van der Waals surface area (Å²) in [5, 5.41) is 7.39. The molecule has 2 rings (SSSR count). The number of hydrogen-bond donors (Lipinski definition) is 2. The minimum atomic E-state index is -0.126. The molecule has 0 saturated heterocycles. The minimum absolute atomic E-state index is 0.107. The molecule has 104 valence electrons. The molecule has 0 radical (unpaired) electrons. The molecular formula is C15H16N2O2S. The summed E-state index contributed by atoms with van der Waals surface area (Å²) in [6.07, 6.45) is 0. The van der Waals surface area contributed by atoms with E-state index in [1.54, 1.807) is 12.1 Å². The van der Waals surface area contributed by atoms with Crippen molar-refractivity contribution >= 4 is 23.2 Å². The molecule has 0 bridgehead atoms. The van der Waals surface area contributed by atoms with Crippen molar-refractivity contribution in [1.82, 2.24) is 10.6 Å². The van der Waals surface area contributed by atoms with E-state index < -0.39 is 0 Å². The van der Waals surface area contributed by atoms with Crippen molar-refractivity contribution in [2.24, 2.45) is 0 Å². The van der Waals surface area contributed by atoms with Crippen LogP contribution in [-0.2, 0) is 0 Å². The van der Waals surface area contributed by atoms with Crippen LogP contribution in [0.5, 0.6) is 0 Å². The van der Waals surface area contributed by atoms with Crippen molar-refractivity contribution in [3.63, 3.8) is 0 Å². The van der Waals surface area contributed by atoms with Crippen molar-refractivity contribution in [2.75, 3.05) is 13.1 Å². The summed E-state index contributed by atoms with van der Waals surface area (Å²) in [5.41, 5.74) is 1.68. The Morgan fingerprint density at radius 1 is 1.05 bits per heavy atom. The molecule has 0 atom stereocenters. The number of rotatable bonds is 5.